The Bertz CT molecular complexity index is 1570. The first-order valence-corrected chi connectivity index (χ1v) is 14.7. The molecule has 0 bridgehead atoms. The van der Waals surface area contributed by atoms with E-state index in [4.69, 9.17) is 10.5 Å². The van der Waals surface area contributed by atoms with E-state index in [-0.39, 0.29) is 11.7 Å². The molecule has 2 aliphatic rings. The van der Waals surface area contributed by atoms with Crippen LogP contribution in [0, 0.1) is 5.92 Å². The van der Waals surface area contributed by atoms with Crippen molar-refractivity contribution in [3.05, 3.63) is 64.3 Å². The van der Waals surface area contributed by atoms with E-state index in [0.717, 1.165) is 34.1 Å². The number of nitrogen functional groups attached to an aromatic ring is 1. The zero-order valence-corrected chi connectivity index (χ0v) is 23.9. The largest absolute Gasteiger partial charge is 0.443 e. The summed E-state index contributed by atoms with van der Waals surface area (Å²) < 4.78 is 33.7. The molecule has 0 radical (unpaired) electrons. The van der Waals surface area contributed by atoms with Crippen molar-refractivity contribution >= 4 is 38.7 Å². The van der Waals surface area contributed by atoms with Gasteiger partial charge in [-0.15, -0.1) is 0 Å². The number of H-pyrrole nitrogens is 1. The Hall–Kier alpha value is -3.37. The minimum atomic E-state index is -3.97. The summed E-state index contributed by atoms with van der Waals surface area (Å²) in [5.74, 6) is 0.294. The van der Waals surface area contributed by atoms with Gasteiger partial charge in [0.1, 0.15) is 5.60 Å². The average molecular weight is 553 g/mol. The Morgan fingerprint density at radius 3 is 2.51 bits per heavy atom. The number of fused-ring (bicyclic) bond motifs is 4. The van der Waals surface area contributed by atoms with Gasteiger partial charge in [-0.3, -0.25) is 4.79 Å². The highest BCUT2D eigenvalue weighted by molar-refractivity contribution is 7.87. The number of piperidine rings is 1. The van der Waals surface area contributed by atoms with Crippen molar-refractivity contribution in [1.29, 1.82) is 0 Å². The number of carbonyl (C=O) groups excluding carboxylic acids is 2. The molecule has 1 aliphatic carbocycles. The zero-order chi connectivity index (χ0) is 28.3. The van der Waals surface area contributed by atoms with Crippen molar-refractivity contribution in [3.63, 3.8) is 0 Å². The number of hydrogen-bond acceptors (Lipinski definition) is 6. The van der Waals surface area contributed by atoms with Crippen LogP contribution in [0.5, 0.6) is 0 Å². The average Bonchev–Trinajstić information content (AvgIpc) is 3.21. The van der Waals surface area contributed by atoms with Gasteiger partial charge < -0.3 is 15.5 Å². The number of carbonyl (C=O) groups is 2. The number of rotatable bonds is 4. The van der Waals surface area contributed by atoms with Crippen LogP contribution < -0.4 is 10.5 Å². The van der Waals surface area contributed by atoms with Crippen LogP contribution in [-0.2, 0) is 26.8 Å². The van der Waals surface area contributed by atoms with Crippen LogP contribution >= 0.6 is 0 Å². The highest BCUT2D eigenvalue weighted by Gasteiger charge is 2.40. The number of ether oxygens (including phenoxy) is 1. The second-order valence-corrected chi connectivity index (χ2v) is 13.8. The van der Waals surface area contributed by atoms with E-state index >= 15 is 0 Å². The van der Waals surface area contributed by atoms with Crippen LogP contribution in [0.2, 0.25) is 0 Å². The quantitative estimate of drug-likeness (QED) is 0.404. The molecule has 0 unspecified atom stereocenters. The molecule has 1 aromatic heterocycles. The summed E-state index contributed by atoms with van der Waals surface area (Å²) in [6, 6.07) is 11.7. The van der Waals surface area contributed by atoms with Gasteiger partial charge in [0.15, 0.2) is 5.78 Å². The van der Waals surface area contributed by atoms with Gasteiger partial charge in [-0.2, -0.15) is 12.7 Å². The number of ketones is 1. The van der Waals surface area contributed by atoms with Gasteiger partial charge in [0.05, 0.1) is 5.56 Å². The molecule has 3 aromatic rings. The van der Waals surface area contributed by atoms with Crippen LogP contribution in [-0.4, -0.2) is 48.3 Å². The molecule has 1 aliphatic heterocycles. The molecule has 1 amide bonds. The number of aromatic nitrogens is 1. The summed E-state index contributed by atoms with van der Waals surface area (Å²) >= 11 is 0. The highest BCUT2D eigenvalue weighted by atomic mass is 32.2. The molecule has 2 heterocycles. The molecule has 1 saturated heterocycles. The fourth-order valence-electron chi connectivity index (χ4n) is 5.78. The van der Waals surface area contributed by atoms with Crippen LogP contribution in [0.25, 0.3) is 10.9 Å². The summed E-state index contributed by atoms with van der Waals surface area (Å²) in [6.45, 7) is 9.92. The van der Waals surface area contributed by atoms with Gasteiger partial charge in [0.25, 0.3) is 0 Å². The van der Waals surface area contributed by atoms with Crippen molar-refractivity contribution in [1.82, 2.24) is 14.0 Å². The number of anilines is 1. The third-order valence-corrected chi connectivity index (χ3v) is 9.20. The number of nitrogens with two attached hydrogens (primary N) is 1. The van der Waals surface area contributed by atoms with Crippen LogP contribution in [0.4, 0.5) is 10.5 Å². The van der Waals surface area contributed by atoms with E-state index in [9.17, 15) is 18.0 Å². The second kappa shape index (κ2) is 9.38. The Kier molecular flexibility index (Phi) is 6.54. The maximum Gasteiger partial charge on any atom is 0.422 e. The van der Waals surface area contributed by atoms with Gasteiger partial charge in [-0.05, 0) is 69.2 Å². The topological polar surface area (TPSA) is 135 Å². The van der Waals surface area contributed by atoms with Crippen molar-refractivity contribution in [2.24, 2.45) is 5.92 Å². The van der Waals surface area contributed by atoms with Gasteiger partial charge in [0, 0.05) is 46.4 Å². The molecule has 4 N–H and O–H groups in total. The van der Waals surface area contributed by atoms with E-state index in [1.165, 1.54) is 4.31 Å². The molecule has 208 valence electrons. The Morgan fingerprint density at radius 2 is 1.85 bits per heavy atom. The first-order chi connectivity index (χ1) is 18.2. The fraction of sp³-hybridized carbons (Fsp3) is 0.448. The second-order valence-electron chi connectivity index (χ2n) is 12.2. The molecule has 0 atom stereocenters. The number of nitrogens with zero attached hydrogens (tertiary/aromatic N) is 1. The molecule has 0 saturated carbocycles. The summed E-state index contributed by atoms with van der Waals surface area (Å²) in [6.07, 6.45) is 1.14. The third-order valence-electron chi connectivity index (χ3n) is 7.73. The smallest absolute Gasteiger partial charge is 0.422 e. The summed E-state index contributed by atoms with van der Waals surface area (Å²) in [5, 5.41) is 0.884. The Balaban J connectivity index is 1.30. The lowest BCUT2D eigenvalue weighted by Gasteiger charge is -2.33. The minimum absolute atomic E-state index is 0.0119. The predicted octanol–water partition coefficient (Wildman–Crippen LogP) is 4.64. The fourth-order valence-corrected chi connectivity index (χ4v) is 6.85. The van der Waals surface area contributed by atoms with Crippen molar-refractivity contribution in [2.45, 2.75) is 64.9 Å². The first kappa shape index (κ1) is 27.2. The number of nitrogens with one attached hydrogen (secondary N) is 2. The molecule has 5 rings (SSSR count). The Labute approximate surface area is 229 Å². The van der Waals surface area contributed by atoms with Crippen LogP contribution in [0.1, 0.15) is 80.2 Å². The molecule has 9 nitrogen and oxygen atoms in total. The highest BCUT2D eigenvalue weighted by Crippen LogP contribution is 2.44. The summed E-state index contributed by atoms with van der Waals surface area (Å²) in [4.78, 5) is 29.0. The maximum absolute atomic E-state index is 13.6. The van der Waals surface area contributed by atoms with Gasteiger partial charge in [0.2, 0.25) is 0 Å². The normalized spacial score (nSPS) is 18.0. The number of benzene rings is 2. The lowest BCUT2D eigenvalue weighted by atomic mass is 9.70. The molecular weight excluding hydrogens is 516 g/mol. The standard InChI is InChI=1S/C29H36N4O5S/c1-28(2,3)38-27(35)32-39(36,37)33-12-10-17(11-13-33)14-18-6-8-20-22(15-18)29(4,5)26-24(25(20)34)21-9-7-19(30)16-23(21)31-26/h6-9,15-17,31H,10-14,30H2,1-5H3,(H,32,35). The summed E-state index contributed by atoms with van der Waals surface area (Å²) in [7, 11) is -3.97. The summed E-state index contributed by atoms with van der Waals surface area (Å²) in [5.41, 5.74) is 10.7. The maximum atomic E-state index is 13.6. The minimum Gasteiger partial charge on any atom is -0.443 e. The van der Waals surface area contributed by atoms with E-state index in [1.54, 1.807) is 20.8 Å². The Morgan fingerprint density at radius 1 is 1.15 bits per heavy atom. The van der Waals surface area contributed by atoms with Crippen LogP contribution in [0.15, 0.2) is 36.4 Å². The molecule has 1 fully saturated rings. The SMILES string of the molecule is CC(C)(C)OC(=O)NS(=O)(=O)N1CCC(Cc2ccc3c(c2)C(C)(C)c2[nH]c4cc(N)ccc4c2C3=O)CC1. The zero-order valence-electron chi connectivity index (χ0n) is 23.1. The van der Waals surface area contributed by atoms with Crippen molar-refractivity contribution in [2.75, 3.05) is 18.8 Å². The lowest BCUT2D eigenvalue weighted by Crippen LogP contribution is -2.48. The van der Waals surface area contributed by atoms with E-state index < -0.39 is 27.3 Å². The number of aromatic amines is 1. The number of hydrogen-bond donors (Lipinski definition) is 3. The van der Waals surface area contributed by atoms with Crippen molar-refractivity contribution < 1.29 is 22.7 Å². The van der Waals surface area contributed by atoms with E-state index in [2.05, 4.69) is 24.9 Å². The molecule has 10 heteroatoms. The first-order valence-electron chi connectivity index (χ1n) is 13.3. The van der Waals surface area contributed by atoms with Gasteiger partial charge >= 0.3 is 16.3 Å². The van der Waals surface area contributed by atoms with Crippen LogP contribution in [0.3, 0.4) is 0 Å². The molecular formula is C29H36N4O5S. The molecule has 2 aromatic carbocycles. The molecule has 39 heavy (non-hydrogen) atoms. The lowest BCUT2D eigenvalue weighted by molar-refractivity contribution is 0.0566. The van der Waals surface area contributed by atoms with E-state index in [0.29, 0.717) is 42.7 Å². The van der Waals surface area contributed by atoms with Gasteiger partial charge in [-0.25, -0.2) is 9.52 Å². The molecule has 0 spiro atoms. The van der Waals surface area contributed by atoms with E-state index in [1.807, 2.05) is 35.1 Å². The predicted molar refractivity (Wildman–Crippen MR) is 151 cm³/mol. The third kappa shape index (κ3) is 5.15. The van der Waals surface area contributed by atoms with Gasteiger partial charge in [-0.1, -0.05) is 38.1 Å². The number of amides is 1. The monoisotopic (exact) mass is 552 g/mol. The van der Waals surface area contributed by atoms with Crippen molar-refractivity contribution in [3.8, 4) is 0 Å².